The lowest BCUT2D eigenvalue weighted by Gasteiger charge is -2.39. The number of hydrogen-bond donors (Lipinski definition) is 1. The topological polar surface area (TPSA) is 55.6 Å². The van der Waals surface area contributed by atoms with Crippen LogP contribution in [0, 0.1) is 0 Å². The van der Waals surface area contributed by atoms with E-state index in [9.17, 15) is 4.79 Å². The van der Waals surface area contributed by atoms with E-state index in [0.717, 1.165) is 19.4 Å². The predicted octanol–water partition coefficient (Wildman–Crippen LogP) is 0.176. The van der Waals surface area contributed by atoms with Gasteiger partial charge in [-0.2, -0.15) is 0 Å². The van der Waals surface area contributed by atoms with Gasteiger partial charge in [0.25, 0.3) is 0 Å². The van der Waals surface area contributed by atoms with Gasteiger partial charge < -0.3 is 15.4 Å². The summed E-state index contributed by atoms with van der Waals surface area (Å²) in [6.07, 6.45) is 1.72. The molecule has 0 bridgehead atoms. The fourth-order valence-electron chi connectivity index (χ4n) is 1.29. The van der Waals surface area contributed by atoms with Crippen LogP contribution in [0.2, 0.25) is 0 Å². The maximum Gasteiger partial charge on any atom is 0.409 e. The van der Waals surface area contributed by atoms with E-state index >= 15 is 0 Å². The number of nitrogens with zero attached hydrogens (tertiary/aromatic N) is 1. The third-order valence-corrected chi connectivity index (χ3v) is 2.05. The molecular weight excluding hydrogens is 144 g/mol. The molecule has 0 saturated carbocycles. The van der Waals surface area contributed by atoms with Crippen molar-refractivity contribution >= 4 is 6.09 Å². The number of methoxy groups -OCH3 is 1. The highest BCUT2D eigenvalue weighted by Crippen LogP contribution is 2.20. The van der Waals surface area contributed by atoms with Gasteiger partial charge in [0, 0.05) is 12.6 Å². The van der Waals surface area contributed by atoms with E-state index < -0.39 is 0 Å². The van der Waals surface area contributed by atoms with Crippen LogP contribution in [0.15, 0.2) is 0 Å². The van der Waals surface area contributed by atoms with Crippen LogP contribution >= 0.6 is 0 Å². The predicted molar refractivity (Wildman–Crippen MR) is 41.2 cm³/mol. The van der Waals surface area contributed by atoms with Crippen LogP contribution in [0.5, 0.6) is 0 Å². The van der Waals surface area contributed by atoms with Gasteiger partial charge in [0.1, 0.15) is 0 Å². The molecule has 1 amide bonds. The maximum absolute atomic E-state index is 10.9. The summed E-state index contributed by atoms with van der Waals surface area (Å²) in [5, 5.41) is 0. The first kappa shape index (κ1) is 8.33. The van der Waals surface area contributed by atoms with Crippen LogP contribution in [0.4, 0.5) is 4.79 Å². The van der Waals surface area contributed by atoms with Crippen LogP contribution in [0.25, 0.3) is 0 Å². The molecule has 0 aromatic heterocycles. The summed E-state index contributed by atoms with van der Waals surface area (Å²) in [5.74, 6) is 0. The standard InChI is InChI=1S/C7H14N2O2/c1-11-7(10)9-5-3-6(9)2-4-8/h6H,2-5,8H2,1H3. The Morgan fingerprint density at radius 3 is 2.91 bits per heavy atom. The molecule has 0 aliphatic carbocycles. The highest BCUT2D eigenvalue weighted by atomic mass is 16.5. The van der Waals surface area contributed by atoms with Crippen molar-refractivity contribution in [1.82, 2.24) is 4.90 Å². The Balaban J connectivity index is 2.30. The monoisotopic (exact) mass is 158 g/mol. The van der Waals surface area contributed by atoms with E-state index in [2.05, 4.69) is 4.74 Å². The van der Waals surface area contributed by atoms with Crippen molar-refractivity contribution in [3.05, 3.63) is 0 Å². The fourth-order valence-corrected chi connectivity index (χ4v) is 1.29. The van der Waals surface area contributed by atoms with Crippen molar-refractivity contribution in [2.24, 2.45) is 5.73 Å². The summed E-state index contributed by atoms with van der Waals surface area (Å²) >= 11 is 0. The van der Waals surface area contributed by atoms with Crippen LogP contribution in [-0.2, 0) is 4.74 Å². The van der Waals surface area contributed by atoms with Crippen LogP contribution in [0.3, 0.4) is 0 Å². The second kappa shape index (κ2) is 3.57. The molecule has 1 saturated heterocycles. The molecule has 64 valence electrons. The Bertz CT molecular complexity index is 149. The van der Waals surface area contributed by atoms with Gasteiger partial charge >= 0.3 is 6.09 Å². The largest absolute Gasteiger partial charge is 0.453 e. The number of likely N-dealkylation sites (tertiary alicyclic amines) is 1. The molecule has 1 aliphatic heterocycles. The normalized spacial score (nSPS) is 22.7. The summed E-state index contributed by atoms with van der Waals surface area (Å²) < 4.78 is 4.58. The zero-order chi connectivity index (χ0) is 8.27. The first-order chi connectivity index (χ1) is 5.29. The molecule has 1 rings (SSSR count). The molecule has 1 heterocycles. The van der Waals surface area contributed by atoms with Gasteiger partial charge in [-0.15, -0.1) is 0 Å². The van der Waals surface area contributed by atoms with Crippen LogP contribution in [-0.4, -0.2) is 37.2 Å². The first-order valence-electron chi connectivity index (χ1n) is 3.84. The number of rotatable bonds is 2. The number of carbonyl (C=O) groups excluding carboxylic acids is 1. The number of carbonyl (C=O) groups is 1. The molecule has 0 aromatic carbocycles. The molecular formula is C7H14N2O2. The van der Waals surface area contributed by atoms with Crippen LogP contribution < -0.4 is 5.73 Å². The molecule has 0 aromatic rings. The smallest absolute Gasteiger partial charge is 0.409 e. The van der Waals surface area contributed by atoms with Crippen molar-refractivity contribution in [3.8, 4) is 0 Å². The SMILES string of the molecule is COC(=O)N1CCC1CCN. The molecule has 11 heavy (non-hydrogen) atoms. The molecule has 1 unspecified atom stereocenters. The van der Waals surface area contributed by atoms with Gasteiger partial charge in [0.15, 0.2) is 0 Å². The number of hydrogen-bond acceptors (Lipinski definition) is 3. The Hall–Kier alpha value is -0.770. The van der Waals surface area contributed by atoms with Crippen molar-refractivity contribution < 1.29 is 9.53 Å². The Labute approximate surface area is 66.3 Å². The molecule has 0 spiro atoms. The van der Waals surface area contributed by atoms with E-state index in [-0.39, 0.29) is 6.09 Å². The van der Waals surface area contributed by atoms with Crippen molar-refractivity contribution in [2.45, 2.75) is 18.9 Å². The molecule has 1 fully saturated rings. The summed E-state index contributed by atoms with van der Waals surface area (Å²) in [4.78, 5) is 12.7. The summed E-state index contributed by atoms with van der Waals surface area (Å²) in [5.41, 5.74) is 5.36. The molecule has 1 aliphatic rings. The quantitative estimate of drug-likeness (QED) is 0.623. The Morgan fingerprint density at radius 1 is 1.82 bits per heavy atom. The highest BCUT2D eigenvalue weighted by molar-refractivity contribution is 5.68. The first-order valence-corrected chi connectivity index (χ1v) is 3.84. The lowest BCUT2D eigenvalue weighted by molar-refractivity contribution is 0.0591. The van der Waals surface area contributed by atoms with E-state index in [0.29, 0.717) is 12.6 Å². The lowest BCUT2D eigenvalue weighted by Crippen LogP contribution is -2.51. The fraction of sp³-hybridized carbons (Fsp3) is 0.857. The average Bonchev–Trinajstić information content (AvgIpc) is 1.98. The van der Waals surface area contributed by atoms with E-state index in [1.54, 1.807) is 4.90 Å². The van der Waals surface area contributed by atoms with Gasteiger partial charge in [0.05, 0.1) is 7.11 Å². The molecule has 0 radical (unpaired) electrons. The zero-order valence-electron chi connectivity index (χ0n) is 6.75. The minimum atomic E-state index is -0.227. The average molecular weight is 158 g/mol. The number of amides is 1. The second-order valence-electron chi connectivity index (χ2n) is 2.68. The molecule has 4 nitrogen and oxygen atoms in total. The van der Waals surface area contributed by atoms with Crippen molar-refractivity contribution in [3.63, 3.8) is 0 Å². The highest BCUT2D eigenvalue weighted by Gasteiger charge is 2.31. The van der Waals surface area contributed by atoms with Crippen molar-refractivity contribution in [2.75, 3.05) is 20.2 Å². The van der Waals surface area contributed by atoms with Gasteiger partial charge in [-0.3, -0.25) is 0 Å². The maximum atomic E-state index is 10.9. The Morgan fingerprint density at radius 2 is 2.55 bits per heavy atom. The second-order valence-corrected chi connectivity index (χ2v) is 2.68. The van der Waals surface area contributed by atoms with E-state index in [1.165, 1.54) is 7.11 Å². The van der Waals surface area contributed by atoms with Crippen LogP contribution in [0.1, 0.15) is 12.8 Å². The third kappa shape index (κ3) is 1.63. The summed E-state index contributed by atoms with van der Waals surface area (Å²) in [6, 6.07) is 0.326. The van der Waals surface area contributed by atoms with E-state index in [1.807, 2.05) is 0 Å². The lowest BCUT2D eigenvalue weighted by atomic mass is 10.0. The van der Waals surface area contributed by atoms with Crippen molar-refractivity contribution in [1.29, 1.82) is 0 Å². The number of nitrogens with two attached hydrogens (primary N) is 1. The minimum Gasteiger partial charge on any atom is -0.453 e. The van der Waals surface area contributed by atoms with E-state index in [4.69, 9.17) is 5.73 Å². The van der Waals surface area contributed by atoms with Gasteiger partial charge in [-0.05, 0) is 19.4 Å². The molecule has 2 N–H and O–H groups in total. The summed E-state index contributed by atoms with van der Waals surface area (Å²) in [6.45, 7) is 1.45. The zero-order valence-corrected chi connectivity index (χ0v) is 6.75. The minimum absolute atomic E-state index is 0.227. The van der Waals surface area contributed by atoms with Gasteiger partial charge in [0.2, 0.25) is 0 Å². The summed E-state index contributed by atoms with van der Waals surface area (Å²) in [7, 11) is 1.40. The third-order valence-electron chi connectivity index (χ3n) is 2.05. The van der Waals surface area contributed by atoms with Gasteiger partial charge in [-0.1, -0.05) is 0 Å². The molecule has 1 atom stereocenters. The number of ether oxygens (including phenoxy) is 1. The van der Waals surface area contributed by atoms with Gasteiger partial charge in [-0.25, -0.2) is 4.79 Å². The molecule has 4 heteroatoms. The Kier molecular flexibility index (Phi) is 2.70.